The molecule has 1 unspecified atom stereocenters. The first-order chi connectivity index (χ1) is 4.36. The Morgan fingerprint density at radius 3 is 3.00 bits per heavy atom. The fraction of sp³-hybridized carbons (Fsp3) is 0.833. The summed E-state index contributed by atoms with van der Waals surface area (Å²) in [5.74, 6) is 0. The minimum Gasteiger partial charge on any atom is -0.355 e. The first-order valence-corrected chi connectivity index (χ1v) is 3.19. The number of rotatable bonds is 2. The summed E-state index contributed by atoms with van der Waals surface area (Å²) in [6, 6.07) is 0.375. The summed E-state index contributed by atoms with van der Waals surface area (Å²) in [5.41, 5.74) is 0. The van der Waals surface area contributed by atoms with E-state index >= 15 is 0 Å². The van der Waals surface area contributed by atoms with E-state index in [9.17, 15) is 4.79 Å². The van der Waals surface area contributed by atoms with Gasteiger partial charge in [-0.15, -0.1) is 0 Å². The zero-order valence-electron chi connectivity index (χ0n) is 5.46. The van der Waals surface area contributed by atoms with Crippen molar-refractivity contribution in [2.75, 3.05) is 6.61 Å². The van der Waals surface area contributed by atoms with Gasteiger partial charge in [0.2, 0.25) is 0 Å². The molecule has 0 bridgehead atoms. The minimum atomic E-state index is -0.352. The number of carbonyl (C=O) groups is 1. The van der Waals surface area contributed by atoms with Crippen LogP contribution in [0.1, 0.15) is 13.3 Å². The molecule has 52 valence electrons. The highest BCUT2D eigenvalue weighted by Crippen LogP contribution is 2.02. The van der Waals surface area contributed by atoms with Crippen molar-refractivity contribution in [3.63, 3.8) is 0 Å². The normalized spacial score (nSPS) is 34.8. The fourth-order valence-corrected chi connectivity index (χ4v) is 0.863. The average molecular weight is 129 g/mol. The minimum absolute atomic E-state index is 0.352. The van der Waals surface area contributed by atoms with E-state index in [1.165, 1.54) is 0 Å². The SMILES string of the molecule is CC[C@H]1COC(C=O)N1. The van der Waals surface area contributed by atoms with Crippen molar-refractivity contribution in [2.24, 2.45) is 0 Å². The van der Waals surface area contributed by atoms with Gasteiger partial charge >= 0.3 is 0 Å². The smallest absolute Gasteiger partial charge is 0.164 e. The molecule has 1 aliphatic rings. The largest absolute Gasteiger partial charge is 0.355 e. The maximum atomic E-state index is 10.1. The van der Waals surface area contributed by atoms with Crippen LogP contribution in [0.25, 0.3) is 0 Å². The van der Waals surface area contributed by atoms with Crippen molar-refractivity contribution < 1.29 is 9.53 Å². The number of ether oxygens (including phenoxy) is 1. The second kappa shape index (κ2) is 2.94. The van der Waals surface area contributed by atoms with Crippen LogP contribution in [0.4, 0.5) is 0 Å². The van der Waals surface area contributed by atoms with E-state index in [4.69, 9.17) is 4.74 Å². The molecular formula is C6H11NO2. The lowest BCUT2D eigenvalue weighted by atomic mass is 10.2. The highest BCUT2D eigenvalue weighted by atomic mass is 16.5. The Hall–Kier alpha value is -0.410. The number of hydrogen-bond donors (Lipinski definition) is 1. The van der Waals surface area contributed by atoms with Gasteiger partial charge in [0, 0.05) is 6.04 Å². The molecule has 1 rings (SSSR count). The van der Waals surface area contributed by atoms with Crippen LogP contribution in [0.15, 0.2) is 0 Å². The molecule has 0 aliphatic carbocycles. The molecule has 0 aromatic carbocycles. The molecule has 0 spiro atoms. The van der Waals surface area contributed by atoms with E-state index < -0.39 is 0 Å². The van der Waals surface area contributed by atoms with E-state index in [0.29, 0.717) is 12.6 Å². The molecule has 1 aliphatic heterocycles. The summed E-state index contributed by atoms with van der Waals surface area (Å²) in [5, 5.41) is 3.00. The molecule has 0 radical (unpaired) electrons. The van der Waals surface area contributed by atoms with Crippen LogP contribution in [0, 0.1) is 0 Å². The standard InChI is InChI=1S/C6H11NO2/c1-2-5-4-9-6(3-8)7-5/h3,5-7H,2,4H2,1H3/t5-,6?/m0/s1. The van der Waals surface area contributed by atoms with Crippen LogP contribution in [0.3, 0.4) is 0 Å². The predicted molar refractivity (Wildman–Crippen MR) is 33.0 cm³/mol. The molecule has 1 N–H and O–H groups in total. The van der Waals surface area contributed by atoms with E-state index in [1.54, 1.807) is 0 Å². The summed E-state index contributed by atoms with van der Waals surface area (Å²) in [7, 11) is 0. The lowest BCUT2D eigenvalue weighted by Gasteiger charge is -2.02. The molecule has 3 heteroatoms. The van der Waals surface area contributed by atoms with Crippen LogP contribution in [0.2, 0.25) is 0 Å². The van der Waals surface area contributed by atoms with Gasteiger partial charge in [0.1, 0.15) is 0 Å². The van der Waals surface area contributed by atoms with E-state index in [2.05, 4.69) is 12.2 Å². The van der Waals surface area contributed by atoms with Crippen LogP contribution >= 0.6 is 0 Å². The van der Waals surface area contributed by atoms with Gasteiger partial charge in [-0.05, 0) is 6.42 Å². The predicted octanol–water partition coefficient (Wildman–Crippen LogP) is -0.0902. The first kappa shape index (κ1) is 6.71. The molecule has 1 fully saturated rings. The Balaban J connectivity index is 2.28. The molecule has 0 amide bonds. The maximum absolute atomic E-state index is 10.1. The number of carbonyl (C=O) groups excluding carboxylic acids is 1. The molecule has 0 saturated carbocycles. The Morgan fingerprint density at radius 2 is 2.67 bits per heavy atom. The average Bonchev–Trinajstić information content (AvgIpc) is 2.34. The molecule has 1 heterocycles. The second-order valence-electron chi connectivity index (χ2n) is 2.16. The maximum Gasteiger partial charge on any atom is 0.164 e. The van der Waals surface area contributed by atoms with Crippen molar-refractivity contribution in [1.29, 1.82) is 0 Å². The summed E-state index contributed by atoms with van der Waals surface area (Å²) in [6.07, 6.45) is 1.45. The van der Waals surface area contributed by atoms with E-state index in [0.717, 1.165) is 12.7 Å². The molecular weight excluding hydrogens is 118 g/mol. The van der Waals surface area contributed by atoms with E-state index in [1.807, 2.05) is 0 Å². The van der Waals surface area contributed by atoms with Gasteiger partial charge < -0.3 is 4.74 Å². The van der Waals surface area contributed by atoms with Gasteiger partial charge in [-0.1, -0.05) is 6.92 Å². The second-order valence-corrected chi connectivity index (χ2v) is 2.16. The van der Waals surface area contributed by atoms with Crippen LogP contribution < -0.4 is 5.32 Å². The van der Waals surface area contributed by atoms with Gasteiger partial charge in [0.25, 0.3) is 0 Å². The Kier molecular flexibility index (Phi) is 2.19. The van der Waals surface area contributed by atoms with Crippen molar-refractivity contribution in [3.8, 4) is 0 Å². The van der Waals surface area contributed by atoms with Crippen molar-refractivity contribution in [3.05, 3.63) is 0 Å². The molecule has 9 heavy (non-hydrogen) atoms. The number of nitrogens with one attached hydrogen (secondary N) is 1. The third-order valence-corrected chi connectivity index (χ3v) is 1.49. The summed E-state index contributed by atoms with van der Waals surface area (Å²) in [6.45, 7) is 2.73. The Morgan fingerprint density at radius 1 is 1.89 bits per heavy atom. The van der Waals surface area contributed by atoms with Crippen LogP contribution in [-0.2, 0) is 9.53 Å². The van der Waals surface area contributed by atoms with Crippen molar-refractivity contribution >= 4 is 6.29 Å². The number of aldehydes is 1. The molecule has 0 aromatic heterocycles. The number of hydrogen-bond acceptors (Lipinski definition) is 3. The van der Waals surface area contributed by atoms with Gasteiger partial charge in [-0.25, -0.2) is 0 Å². The molecule has 0 aromatic rings. The van der Waals surface area contributed by atoms with E-state index in [-0.39, 0.29) is 6.23 Å². The monoisotopic (exact) mass is 129 g/mol. The molecule has 3 nitrogen and oxygen atoms in total. The zero-order chi connectivity index (χ0) is 6.69. The molecule has 1 saturated heterocycles. The summed E-state index contributed by atoms with van der Waals surface area (Å²) in [4.78, 5) is 10.1. The summed E-state index contributed by atoms with van der Waals surface area (Å²) >= 11 is 0. The fourth-order valence-electron chi connectivity index (χ4n) is 0.863. The zero-order valence-corrected chi connectivity index (χ0v) is 5.46. The third-order valence-electron chi connectivity index (χ3n) is 1.49. The van der Waals surface area contributed by atoms with Crippen LogP contribution in [-0.4, -0.2) is 25.2 Å². The van der Waals surface area contributed by atoms with Gasteiger partial charge in [-0.2, -0.15) is 0 Å². The Labute approximate surface area is 54.4 Å². The highest BCUT2D eigenvalue weighted by Gasteiger charge is 2.21. The lowest BCUT2D eigenvalue weighted by molar-refractivity contribution is -0.116. The van der Waals surface area contributed by atoms with Gasteiger partial charge in [-0.3, -0.25) is 10.1 Å². The highest BCUT2D eigenvalue weighted by molar-refractivity contribution is 5.55. The Bertz CT molecular complexity index is 105. The third kappa shape index (κ3) is 1.50. The quantitative estimate of drug-likeness (QED) is 0.529. The van der Waals surface area contributed by atoms with Crippen molar-refractivity contribution in [1.82, 2.24) is 5.32 Å². The van der Waals surface area contributed by atoms with Crippen LogP contribution in [0.5, 0.6) is 0 Å². The first-order valence-electron chi connectivity index (χ1n) is 3.19. The molecule has 2 atom stereocenters. The van der Waals surface area contributed by atoms with Gasteiger partial charge in [0.15, 0.2) is 12.5 Å². The lowest BCUT2D eigenvalue weighted by Crippen LogP contribution is -2.30. The van der Waals surface area contributed by atoms with Gasteiger partial charge in [0.05, 0.1) is 6.61 Å². The summed E-state index contributed by atoms with van der Waals surface area (Å²) < 4.78 is 5.03. The topological polar surface area (TPSA) is 38.3 Å². The van der Waals surface area contributed by atoms with Crippen molar-refractivity contribution in [2.45, 2.75) is 25.6 Å².